The Kier molecular flexibility index (Phi) is 5.92. The molecule has 3 nitrogen and oxygen atoms in total. The van der Waals surface area contributed by atoms with Crippen LogP contribution in [0.3, 0.4) is 0 Å². The lowest BCUT2D eigenvalue weighted by molar-refractivity contribution is -0.120. The zero-order valence-electron chi connectivity index (χ0n) is 16.2. The van der Waals surface area contributed by atoms with Crippen molar-refractivity contribution in [3.63, 3.8) is 0 Å². The van der Waals surface area contributed by atoms with Gasteiger partial charge in [-0.25, -0.2) is 0 Å². The summed E-state index contributed by atoms with van der Waals surface area (Å²) in [5.74, 6) is 0.00796. The topological polar surface area (TPSA) is 42.0 Å². The molecule has 0 aliphatic carbocycles. The maximum atomic E-state index is 13.1. The van der Waals surface area contributed by atoms with Crippen LogP contribution in [-0.4, -0.2) is 16.1 Å². The van der Waals surface area contributed by atoms with Crippen LogP contribution in [0, 0.1) is 0 Å². The van der Waals surface area contributed by atoms with Crippen molar-refractivity contribution in [1.82, 2.24) is 10.3 Å². The van der Waals surface area contributed by atoms with E-state index in [-0.39, 0.29) is 17.2 Å². The normalized spacial score (nSPS) is 12.1. The summed E-state index contributed by atoms with van der Waals surface area (Å²) in [7, 11) is 0. The van der Waals surface area contributed by atoms with Crippen LogP contribution in [0.25, 0.3) is 10.9 Å². The Morgan fingerprint density at radius 1 is 0.828 bits per heavy atom. The Morgan fingerprint density at radius 2 is 1.41 bits per heavy atom. The van der Waals surface area contributed by atoms with Crippen LogP contribution in [0.4, 0.5) is 0 Å². The zero-order valence-corrected chi connectivity index (χ0v) is 17.0. The molecule has 1 atom stereocenters. The van der Waals surface area contributed by atoms with Gasteiger partial charge in [0.05, 0.1) is 16.8 Å². The number of hydrogen-bond donors (Lipinski definition) is 1. The Labute approximate surface area is 175 Å². The van der Waals surface area contributed by atoms with E-state index in [0.29, 0.717) is 0 Å². The molecule has 1 amide bonds. The Morgan fingerprint density at radius 3 is 2.07 bits per heavy atom. The van der Waals surface area contributed by atoms with Gasteiger partial charge in [0.2, 0.25) is 5.91 Å². The molecule has 0 fully saturated rings. The molecule has 1 aromatic heterocycles. The molecule has 29 heavy (non-hydrogen) atoms. The Bertz CT molecular complexity index is 1050. The highest BCUT2D eigenvalue weighted by Crippen LogP contribution is 2.30. The molecule has 144 valence electrons. The number of benzene rings is 3. The number of carbonyl (C=O) groups excluding carboxylic acids is 1. The van der Waals surface area contributed by atoms with E-state index in [1.807, 2.05) is 97.9 Å². The zero-order chi connectivity index (χ0) is 20.1. The summed E-state index contributed by atoms with van der Waals surface area (Å²) in [5.41, 5.74) is 3.08. The van der Waals surface area contributed by atoms with E-state index in [1.165, 1.54) is 0 Å². The van der Waals surface area contributed by atoms with Gasteiger partial charge < -0.3 is 5.32 Å². The van der Waals surface area contributed by atoms with Crippen LogP contribution >= 0.6 is 11.8 Å². The van der Waals surface area contributed by atoms with Gasteiger partial charge in [-0.1, -0.05) is 78.9 Å². The van der Waals surface area contributed by atoms with Crippen molar-refractivity contribution in [2.75, 3.05) is 0 Å². The average Bonchev–Trinajstić information content (AvgIpc) is 2.78. The smallest absolute Gasteiger partial charge is 0.233 e. The largest absolute Gasteiger partial charge is 0.344 e. The first-order valence-electron chi connectivity index (χ1n) is 9.63. The van der Waals surface area contributed by atoms with Gasteiger partial charge in [-0.3, -0.25) is 9.78 Å². The van der Waals surface area contributed by atoms with E-state index in [2.05, 4.69) is 10.3 Å². The molecule has 3 aromatic carbocycles. The molecule has 1 N–H and O–H groups in total. The van der Waals surface area contributed by atoms with E-state index in [4.69, 9.17) is 0 Å². The van der Waals surface area contributed by atoms with Crippen LogP contribution in [0.2, 0.25) is 0 Å². The minimum atomic E-state index is -0.240. The summed E-state index contributed by atoms with van der Waals surface area (Å²) in [6.07, 6.45) is 1.80. The summed E-state index contributed by atoms with van der Waals surface area (Å²) in [4.78, 5) is 18.6. The van der Waals surface area contributed by atoms with Crippen molar-refractivity contribution in [3.05, 3.63) is 108 Å². The maximum absolute atomic E-state index is 13.1. The number of amides is 1. The molecule has 0 bridgehead atoms. The lowest BCUT2D eigenvalue weighted by Crippen LogP contribution is -2.34. The van der Waals surface area contributed by atoms with Crippen molar-refractivity contribution < 1.29 is 4.79 Å². The summed E-state index contributed by atoms with van der Waals surface area (Å²) in [6.45, 7) is 1.95. The summed E-state index contributed by atoms with van der Waals surface area (Å²) in [6, 6.07) is 30.0. The van der Waals surface area contributed by atoms with Crippen molar-refractivity contribution in [2.45, 2.75) is 23.1 Å². The van der Waals surface area contributed by atoms with Gasteiger partial charge in [0.25, 0.3) is 0 Å². The minimum absolute atomic E-state index is 0.00796. The van der Waals surface area contributed by atoms with Crippen LogP contribution < -0.4 is 5.32 Å². The SMILES string of the molecule is CC(Sc1ccnc2ccccc12)C(=O)NC(c1ccccc1)c1ccccc1. The molecule has 4 heteroatoms. The summed E-state index contributed by atoms with van der Waals surface area (Å²) >= 11 is 1.56. The van der Waals surface area contributed by atoms with Crippen LogP contribution in [0.5, 0.6) is 0 Å². The third-order valence-electron chi connectivity index (χ3n) is 4.83. The van der Waals surface area contributed by atoms with Crippen molar-refractivity contribution in [1.29, 1.82) is 0 Å². The van der Waals surface area contributed by atoms with Crippen LogP contribution in [0.1, 0.15) is 24.1 Å². The number of nitrogens with one attached hydrogen (secondary N) is 1. The van der Waals surface area contributed by atoms with Gasteiger partial charge in [0, 0.05) is 16.5 Å². The molecule has 4 rings (SSSR count). The molecular weight excluding hydrogens is 376 g/mol. The highest BCUT2D eigenvalue weighted by Gasteiger charge is 2.21. The maximum Gasteiger partial charge on any atom is 0.233 e. The second-order valence-corrected chi connectivity index (χ2v) is 8.23. The molecule has 0 aliphatic heterocycles. The number of pyridine rings is 1. The fraction of sp³-hybridized carbons (Fsp3) is 0.120. The number of fused-ring (bicyclic) bond motifs is 1. The number of rotatable bonds is 6. The van der Waals surface area contributed by atoms with Gasteiger partial charge in [-0.15, -0.1) is 11.8 Å². The van der Waals surface area contributed by atoms with Gasteiger partial charge in [-0.2, -0.15) is 0 Å². The lowest BCUT2D eigenvalue weighted by atomic mass is 9.98. The van der Waals surface area contributed by atoms with Gasteiger partial charge in [0.15, 0.2) is 0 Å². The third kappa shape index (κ3) is 4.49. The summed E-state index contributed by atoms with van der Waals surface area (Å²) in [5, 5.41) is 4.07. The molecule has 1 heterocycles. The number of para-hydroxylation sites is 1. The molecular formula is C25H22N2OS. The first-order chi connectivity index (χ1) is 14.2. The lowest BCUT2D eigenvalue weighted by Gasteiger charge is -2.22. The molecule has 0 saturated carbocycles. The average molecular weight is 399 g/mol. The number of aromatic nitrogens is 1. The molecule has 0 saturated heterocycles. The van der Waals surface area contributed by atoms with Gasteiger partial charge in [-0.05, 0) is 30.2 Å². The Balaban J connectivity index is 1.56. The fourth-order valence-corrected chi connectivity index (χ4v) is 4.32. The van der Waals surface area contributed by atoms with E-state index < -0.39 is 0 Å². The monoisotopic (exact) mass is 398 g/mol. The molecule has 0 aliphatic rings. The third-order valence-corrected chi connectivity index (χ3v) is 6.01. The molecule has 4 aromatic rings. The van der Waals surface area contributed by atoms with Crippen molar-refractivity contribution in [3.8, 4) is 0 Å². The summed E-state index contributed by atoms with van der Waals surface area (Å²) < 4.78 is 0. The molecule has 1 unspecified atom stereocenters. The minimum Gasteiger partial charge on any atom is -0.344 e. The first kappa shape index (κ1) is 19.2. The quantitative estimate of drug-likeness (QED) is 0.429. The van der Waals surface area contributed by atoms with Crippen LogP contribution in [-0.2, 0) is 4.79 Å². The van der Waals surface area contributed by atoms with Crippen molar-refractivity contribution >= 4 is 28.6 Å². The number of nitrogens with zero attached hydrogens (tertiary/aromatic N) is 1. The molecule has 0 radical (unpaired) electrons. The van der Waals surface area contributed by atoms with E-state index in [9.17, 15) is 4.79 Å². The second-order valence-electron chi connectivity index (χ2n) is 6.85. The molecule has 0 spiro atoms. The predicted octanol–water partition coefficient (Wildman–Crippen LogP) is 5.62. The van der Waals surface area contributed by atoms with Crippen LogP contribution in [0.15, 0.2) is 102 Å². The van der Waals surface area contributed by atoms with E-state index in [1.54, 1.807) is 18.0 Å². The predicted molar refractivity (Wildman–Crippen MR) is 120 cm³/mol. The standard InChI is InChI=1S/C25H22N2OS/c1-18(29-23-16-17-26-22-15-9-8-14-21(22)23)25(28)27-24(19-10-4-2-5-11-19)20-12-6-3-7-13-20/h2-18,24H,1H3,(H,27,28). The highest BCUT2D eigenvalue weighted by molar-refractivity contribution is 8.00. The first-order valence-corrected chi connectivity index (χ1v) is 10.5. The van der Waals surface area contributed by atoms with Crippen molar-refractivity contribution in [2.24, 2.45) is 0 Å². The highest BCUT2D eigenvalue weighted by atomic mass is 32.2. The van der Waals surface area contributed by atoms with E-state index in [0.717, 1.165) is 26.9 Å². The Hall–Kier alpha value is -3.11. The second kappa shape index (κ2) is 8.93. The van der Waals surface area contributed by atoms with Gasteiger partial charge in [0.1, 0.15) is 0 Å². The number of hydrogen-bond acceptors (Lipinski definition) is 3. The van der Waals surface area contributed by atoms with E-state index >= 15 is 0 Å². The fourth-order valence-electron chi connectivity index (χ4n) is 3.33. The number of thioether (sulfide) groups is 1. The number of carbonyl (C=O) groups is 1. The van der Waals surface area contributed by atoms with Gasteiger partial charge >= 0.3 is 0 Å².